The lowest BCUT2D eigenvalue weighted by Gasteiger charge is -2.22. The summed E-state index contributed by atoms with van der Waals surface area (Å²) in [5, 5.41) is 10.7. The summed E-state index contributed by atoms with van der Waals surface area (Å²) < 4.78 is 5.44. The summed E-state index contributed by atoms with van der Waals surface area (Å²) in [4.78, 5) is 27.5. The molecular weight excluding hydrogens is 324 g/mol. The zero-order chi connectivity index (χ0) is 17.6. The Hall–Kier alpha value is -2.97. The van der Waals surface area contributed by atoms with Gasteiger partial charge in [-0.15, -0.1) is 0 Å². The molecule has 0 bridgehead atoms. The lowest BCUT2D eigenvalue weighted by atomic mass is 10.3. The summed E-state index contributed by atoms with van der Waals surface area (Å²) in [5.41, 5.74) is 0.00124. The average molecular weight is 344 g/mol. The first kappa shape index (κ1) is 16.9. The van der Waals surface area contributed by atoms with E-state index in [1.807, 2.05) is 6.92 Å². The third kappa shape index (κ3) is 4.11. The second kappa shape index (κ2) is 7.73. The van der Waals surface area contributed by atoms with Crippen LogP contribution in [0.15, 0.2) is 30.6 Å². The first-order valence-corrected chi connectivity index (χ1v) is 8.23. The predicted molar refractivity (Wildman–Crippen MR) is 93.1 cm³/mol. The molecule has 0 aliphatic carbocycles. The molecule has 3 rings (SSSR count). The Kier molecular flexibility index (Phi) is 5.22. The first-order chi connectivity index (χ1) is 12.2. The van der Waals surface area contributed by atoms with Crippen LogP contribution in [-0.4, -0.2) is 52.7 Å². The van der Waals surface area contributed by atoms with Gasteiger partial charge in [0.2, 0.25) is 11.8 Å². The van der Waals surface area contributed by atoms with E-state index in [-0.39, 0.29) is 5.69 Å². The summed E-state index contributed by atoms with van der Waals surface area (Å²) in [6, 6.07) is 4.93. The highest BCUT2D eigenvalue weighted by Crippen LogP contribution is 2.19. The van der Waals surface area contributed by atoms with Crippen molar-refractivity contribution in [2.75, 3.05) is 42.6 Å². The van der Waals surface area contributed by atoms with E-state index in [1.54, 1.807) is 18.3 Å². The maximum atomic E-state index is 10.7. The van der Waals surface area contributed by atoms with E-state index < -0.39 is 4.92 Å². The highest BCUT2D eigenvalue weighted by atomic mass is 16.6. The molecule has 0 amide bonds. The van der Waals surface area contributed by atoms with Crippen molar-refractivity contribution in [2.45, 2.75) is 13.3 Å². The maximum absolute atomic E-state index is 10.7. The van der Waals surface area contributed by atoms with Crippen molar-refractivity contribution in [1.82, 2.24) is 15.0 Å². The second-order valence-electron chi connectivity index (χ2n) is 5.59. The SMILES string of the molecule is CCOc1ccnc(N2CCCN(c3ccc([N+](=O)[O-])cn3)CC2)n1. The third-order valence-corrected chi connectivity index (χ3v) is 3.96. The van der Waals surface area contributed by atoms with Gasteiger partial charge in [-0.3, -0.25) is 10.1 Å². The molecule has 0 unspecified atom stereocenters. The van der Waals surface area contributed by atoms with Gasteiger partial charge in [-0.05, 0) is 19.4 Å². The van der Waals surface area contributed by atoms with Crippen molar-refractivity contribution in [3.63, 3.8) is 0 Å². The predicted octanol–water partition coefficient (Wildman–Crippen LogP) is 1.90. The van der Waals surface area contributed by atoms with E-state index in [0.717, 1.165) is 38.4 Å². The molecule has 0 atom stereocenters. The Bertz CT molecular complexity index is 724. The molecule has 0 N–H and O–H groups in total. The molecule has 2 aromatic heterocycles. The van der Waals surface area contributed by atoms with Gasteiger partial charge in [-0.25, -0.2) is 9.97 Å². The number of ether oxygens (including phenoxy) is 1. The van der Waals surface area contributed by atoms with Gasteiger partial charge in [0.05, 0.1) is 11.5 Å². The van der Waals surface area contributed by atoms with E-state index >= 15 is 0 Å². The van der Waals surface area contributed by atoms with Gasteiger partial charge >= 0.3 is 0 Å². The van der Waals surface area contributed by atoms with Crippen LogP contribution in [0.5, 0.6) is 5.88 Å². The summed E-state index contributed by atoms with van der Waals surface area (Å²) in [5.74, 6) is 1.98. The fourth-order valence-corrected chi connectivity index (χ4v) is 2.73. The van der Waals surface area contributed by atoms with Crippen LogP contribution in [0.4, 0.5) is 17.5 Å². The van der Waals surface area contributed by atoms with Gasteiger partial charge in [0, 0.05) is 44.5 Å². The summed E-state index contributed by atoms with van der Waals surface area (Å²) in [6.45, 7) is 5.63. The van der Waals surface area contributed by atoms with Gasteiger partial charge in [0.25, 0.3) is 5.69 Å². The zero-order valence-corrected chi connectivity index (χ0v) is 14.0. The third-order valence-electron chi connectivity index (χ3n) is 3.96. The minimum Gasteiger partial charge on any atom is -0.478 e. The molecule has 9 nitrogen and oxygen atoms in total. The van der Waals surface area contributed by atoms with Crippen LogP contribution in [0.1, 0.15) is 13.3 Å². The molecule has 0 spiro atoms. The number of rotatable bonds is 5. The standard InChI is InChI=1S/C16H20N6O3/c1-2-25-15-6-7-17-16(19-15)21-9-3-8-20(10-11-21)14-5-4-13(12-18-14)22(23)24/h4-7,12H,2-3,8-11H2,1H3. The second-order valence-corrected chi connectivity index (χ2v) is 5.59. The van der Waals surface area contributed by atoms with Crippen LogP contribution in [0, 0.1) is 10.1 Å². The smallest absolute Gasteiger partial charge is 0.287 e. The topological polar surface area (TPSA) is 97.5 Å². The van der Waals surface area contributed by atoms with E-state index in [4.69, 9.17) is 4.74 Å². The van der Waals surface area contributed by atoms with Gasteiger partial charge in [0.1, 0.15) is 12.0 Å². The summed E-state index contributed by atoms with van der Waals surface area (Å²) in [6.07, 6.45) is 3.92. The molecule has 1 aliphatic rings. The van der Waals surface area contributed by atoms with Crippen molar-refractivity contribution in [1.29, 1.82) is 0 Å². The lowest BCUT2D eigenvalue weighted by molar-refractivity contribution is -0.385. The summed E-state index contributed by atoms with van der Waals surface area (Å²) in [7, 11) is 0. The van der Waals surface area contributed by atoms with E-state index in [1.165, 1.54) is 12.3 Å². The molecule has 132 valence electrons. The van der Waals surface area contributed by atoms with Gasteiger partial charge in [-0.1, -0.05) is 0 Å². The summed E-state index contributed by atoms with van der Waals surface area (Å²) >= 11 is 0. The Morgan fingerprint density at radius 2 is 1.96 bits per heavy atom. The number of nitro groups is 1. The highest BCUT2D eigenvalue weighted by Gasteiger charge is 2.19. The highest BCUT2D eigenvalue weighted by molar-refractivity contribution is 5.44. The van der Waals surface area contributed by atoms with E-state index in [0.29, 0.717) is 18.4 Å². The van der Waals surface area contributed by atoms with Gasteiger partial charge in [0.15, 0.2) is 0 Å². The molecule has 0 aromatic carbocycles. The molecule has 3 heterocycles. The fourth-order valence-electron chi connectivity index (χ4n) is 2.73. The van der Waals surface area contributed by atoms with Crippen molar-refractivity contribution < 1.29 is 9.66 Å². The molecule has 1 fully saturated rings. The Labute approximate surface area is 145 Å². The first-order valence-electron chi connectivity index (χ1n) is 8.23. The molecule has 2 aromatic rings. The van der Waals surface area contributed by atoms with Crippen molar-refractivity contribution in [3.8, 4) is 5.88 Å². The largest absolute Gasteiger partial charge is 0.478 e. The molecular formula is C16H20N6O3. The Morgan fingerprint density at radius 3 is 2.68 bits per heavy atom. The van der Waals surface area contributed by atoms with Crippen LogP contribution in [0.25, 0.3) is 0 Å². The van der Waals surface area contributed by atoms with Crippen molar-refractivity contribution in [3.05, 3.63) is 40.7 Å². The Balaban J connectivity index is 1.67. The van der Waals surface area contributed by atoms with Crippen molar-refractivity contribution in [2.24, 2.45) is 0 Å². The molecule has 0 radical (unpaired) electrons. The number of hydrogen-bond acceptors (Lipinski definition) is 8. The monoisotopic (exact) mass is 344 g/mol. The molecule has 1 saturated heterocycles. The zero-order valence-electron chi connectivity index (χ0n) is 14.0. The fraction of sp³-hybridized carbons (Fsp3) is 0.438. The van der Waals surface area contributed by atoms with Gasteiger partial charge in [-0.2, -0.15) is 4.98 Å². The van der Waals surface area contributed by atoms with Crippen molar-refractivity contribution >= 4 is 17.5 Å². The van der Waals surface area contributed by atoms with Crippen LogP contribution < -0.4 is 14.5 Å². The maximum Gasteiger partial charge on any atom is 0.287 e. The minimum atomic E-state index is -0.441. The van der Waals surface area contributed by atoms with Gasteiger partial charge < -0.3 is 14.5 Å². The van der Waals surface area contributed by atoms with E-state index in [9.17, 15) is 10.1 Å². The lowest BCUT2D eigenvalue weighted by Crippen LogP contribution is -2.32. The number of pyridine rings is 1. The normalized spacial score (nSPS) is 14.9. The quantitative estimate of drug-likeness (QED) is 0.599. The molecule has 1 aliphatic heterocycles. The number of nitrogens with zero attached hydrogens (tertiary/aromatic N) is 6. The number of anilines is 2. The van der Waals surface area contributed by atoms with Crippen LogP contribution in [0.3, 0.4) is 0 Å². The molecule has 9 heteroatoms. The number of aromatic nitrogens is 3. The van der Waals surface area contributed by atoms with Crippen LogP contribution >= 0.6 is 0 Å². The average Bonchev–Trinajstić information content (AvgIpc) is 2.88. The van der Waals surface area contributed by atoms with Crippen LogP contribution in [-0.2, 0) is 0 Å². The Morgan fingerprint density at radius 1 is 1.16 bits per heavy atom. The van der Waals surface area contributed by atoms with E-state index in [2.05, 4.69) is 24.8 Å². The minimum absolute atomic E-state index is 0.00124. The molecule has 25 heavy (non-hydrogen) atoms. The number of hydrogen-bond donors (Lipinski definition) is 0. The molecule has 0 saturated carbocycles. The van der Waals surface area contributed by atoms with Crippen LogP contribution in [0.2, 0.25) is 0 Å².